The molecule has 0 fully saturated rings. The average molecular weight is 576 g/mol. The van der Waals surface area contributed by atoms with Crippen molar-refractivity contribution in [1.82, 2.24) is 10.2 Å². The molecule has 1 N–H and O–H groups in total. The third-order valence-corrected chi connectivity index (χ3v) is 5.70. The summed E-state index contributed by atoms with van der Waals surface area (Å²) in [4.78, 5) is 47.9. The second-order valence-corrected chi connectivity index (χ2v) is 9.10. The number of nitro groups is 1. The van der Waals surface area contributed by atoms with Crippen molar-refractivity contribution < 1.29 is 28.8 Å². The number of benzene rings is 1. The first-order chi connectivity index (χ1) is 19.9. The van der Waals surface area contributed by atoms with Crippen LogP contribution in [0, 0.1) is 32.8 Å². The Bertz CT molecular complexity index is 1410. The first kappa shape index (κ1) is 32.6. The molecule has 1 aromatic carbocycles. The Morgan fingerprint density at radius 3 is 1.98 bits per heavy atom. The molecular formula is C28H29N7O7. The predicted octanol–water partition coefficient (Wildman–Crippen LogP) is 3.64. The van der Waals surface area contributed by atoms with Gasteiger partial charge in [-0.25, -0.2) is 9.59 Å². The van der Waals surface area contributed by atoms with Crippen molar-refractivity contribution in [3.63, 3.8) is 0 Å². The van der Waals surface area contributed by atoms with Gasteiger partial charge in [-0.3, -0.25) is 14.9 Å². The Morgan fingerprint density at radius 1 is 1.02 bits per heavy atom. The fraction of sp³-hybridized carbons (Fsp3) is 0.321. The summed E-state index contributed by atoms with van der Waals surface area (Å²) in [6.45, 7) is 11.9. The fourth-order valence-electron chi connectivity index (χ4n) is 3.64. The van der Waals surface area contributed by atoms with Gasteiger partial charge in [-0.2, -0.15) is 15.6 Å². The molecule has 0 bridgehead atoms. The number of hydrogen-bond donors (Lipinski definition) is 1. The maximum atomic E-state index is 12.0. The summed E-state index contributed by atoms with van der Waals surface area (Å²) in [5.74, 6) is -1.48. The van der Waals surface area contributed by atoms with E-state index in [1.807, 2.05) is 4.90 Å². The van der Waals surface area contributed by atoms with Crippen LogP contribution in [0.15, 0.2) is 70.2 Å². The van der Waals surface area contributed by atoms with Crippen LogP contribution in [-0.4, -0.2) is 60.0 Å². The van der Waals surface area contributed by atoms with Crippen molar-refractivity contribution in [2.45, 2.75) is 33.2 Å². The van der Waals surface area contributed by atoms with E-state index in [4.69, 9.17) is 9.47 Å². The number of azo groups is 1. The Hall–Kier alpha value is -5.63. The van der Waals surface area contributed by atoms with Gasteiger partial charge in [-0.15, -0.1) is 5.11 Å². The lowest BCUT2D eigenvalue weighted by Crippen LogP contribution is -2.40. The quantitative estimate of drug-likeness (QED) is 0.119. The van der Waals surface area contributed by atoms with Gasteiger partial charge in [0.2, 0.25) is 5.91 Å². The van der Waals surface area contributed by atoms with Crippen LogP contribution in [0.5, 0.6) is 0 Å². The van der Waals surface area contributed by atoms with Crippen LogP contribution in [0.1, 0.15) is 38.3 Å². The van der Waals surface area contributed by atoms with E-state index in [0.29, 0.717) is 5.70 Å². The van der Waals surface area contributed by atoms with E-state index in [1.54, 1.807) is 24.3 Å². The second-order valence-electron chi connectivity index (χ2n) is 9.10. The number of ether oxygens (including phenoxy) is 2. The number of nitro benzene ring substituents is 1. The number of nitrogens with one attached hydrogen (secondary N) is 1. The van der Waals surface area contributed by atoms with Crippen molar-refractivity contribution in [3.05, 3.63) is 81.2 Å². The molecule has 14 nitrogen and oxygen atoms in total. The summed E-state index contributed by atoms with van der Waals surface area (Å²) >= 11 is 0. The molecule has 0 aromatic heterocycles. The third kappa shape index (κ3) is 9.24. The molecule has 218 valence electrons. The molecule has 1 unspecified atom stereocenters. The van der Waals surface area contributed by atoms with Crippen LogP contribution in [0.3, 0.4) is 0 Å². The van der Waals surface area contributed by atoms with Gasteiger partial charge in [0, 0.05) is 42.3 Å². The van der Waals surface area contributed by atoms with Gasteiger partial charge in [0.1, 0.15) is 31.0 Å². The monoisotopic (exact) mass is 575 g/mol. The number of allylic oxidation sites excluding steroid dienone is 2. The van der Waals surface area contributed by atoms with Gasteiger partial charge in [0.25, 0.3) is 5.69 Å². The molecule has 1 atom stereocenters. The molecule has 1 aromatic rings. The van der Waals surface area contributed by atoms with E-state index in [1.165, 1.54) is 20.8 Å². The van der Waals surface area contributed by atoms with Crippen molar-refractivity contribution in [1.29, 1.82) is 10.5 Å². The minimum Gasteiger partial charge on any atom is -0.460 e. The SMILES string of the molecule is C=C(C)C(=O)OCCN(CCOC(=O)C(=C)C)C1=CC=C(N=Nc2c(C#N)cc([N+](=O)[O-])cc2C#N)C(NC(C)=O)C1. The minimum atomic E-state index is -0.726. The minimum absolute atomic E-state index is 0.00651. The van der Waals surface area contributed by atoms with Crippen LogP contribution >= 0.6 is 0 Å². The first-order valence-corrected chi connectivity index (χ1v) is 12.5. The molecule has 42 heavy (non-hydrogen) atoms. The van der Waals surface area contributed by atoms with Crippen molar-refractivity contribution >= 4 is 29.2 Å². The summed E-state index contributed by atoms with van der Waals surface area (Å²) in [6, 6.07) is 4.87. The maximum absolute atomic E-state index is 12.0. The van der Waals surface area contributed by atoms with E-state index in [0.717, 1.165) is 12.1 Å². The standard InChI is InChI=1S/C28H29N7O7/c1-17(2)27(37)41-10-8-34(9-11-42-28(38)18(3)4)22-6-7-24(25(14-22)31-19(5)36)32-33-26-20(15-29)12-23(35(39)40)13-21(26)16-30/h6-7,12-13,25H,1,3,8-11,14H2,2,4-5H3,(H,31,36). The van der Waals surface area contributed by atoms with E-state index < -0.39 is 28.6 Å². The zero-order valence-corrected chi connectivity index (χ0v) is 23.4. The van der Waals surface area contributed by atoms with Crippen LogP contribution in [0.25, 0.3) is 0 Å². The molecule has 14 heteroatoms. The van der Waals surface area contributed by atoms with E-state index in [-0.39, 0.29) is 72.3 Å². The number of carbonyl (C=O) groups excluding carboxylic acids is 3. The summed E-state index contributed by atoms with van der Waals surface area (Å²) < 4.78 is 10.4. The molecule has 2 rings (SSSR count). The molecule has 0 aliphatic heterocycles. The number of amides is 1. The highest BCUT2D eigenvalue weighted by molar-refractivity contribution is 5.87. The molecule has 0 heterocycles. The lowest BCUT2D eigenvalue weighted by molar-refractivity contribution is -0.384. The van der Waals surface area contributed by atoms with Gasteiger partial charge < -0.3 is 19.7 Å². The summed E-state index contributed by atoms with van der Waals surface area (Å²) in [7, 11) is 0. The number of rotatable bonds is 13. The third-order valence-electron chi connectivity index (χ3n) is 5.70. The lowest BCUT2D eigenvalue weighted by atomic mass is 10.0. The van der Waals surface area contributed by atoms with Crippen molar-refractivity contribution in [2.75, 3.05) is 26.3 Å². The summed E-state index contributed by atoms with van der Waals surface area (Å²) in [5, 5.41) is 41.1. The number of nitrogens with zero attached hydrogens (tertiary/aromatic N) is 6. The van der Waals surface area contributed by atoms with Gasteiger partial charge >= 0.3 is 11.9 Å². The van der Waals surface area contributed by atoms with E-state index in [2.05, 4.69) is 28.7 Å². The molecule has 0 saturated heterocycles. The number of nitriles is 2. The number of carbonyl (C=O) groups is 3. The lowest BCUT2D eigenvalue weighted by Gasteiger charge is -2.32. The van der Waals surface area contributed by atoms with Crippen molar-refractivity contribution in [2.24, 2.45) is 10.2 Å². The zero-order chi connectivity index (χ0) is 31.4. The van der Waals surface area contributed by atoms with Crippen LogP contribution in [-0.2, 0) is 23.9 Å². The van der Waals surface area contributed by atoms with Crippen LogP contribution in [0.2, 0.25) is 0 Å². The summed E-state index contributed by atoms with van der Waals surface area (Å²) in [6.07, 6.45) is 3.48. The highest BCUT2D eigenvalue weighted by Crippen LogP contribution is 2.31. The largest absolute Gasteiger partial charge is 0.460 e. The topological polar surface area (TPSA) is 200 Å². The molecule has 0 spiro atoms. The first-order valence-electron chi connectivity index (χ1n) is 12.5. The average Bonchev–Trinajstić information content (AvgIpc) is 2.94. The number of non-ortho nitro benzene ring substituents is 1. The second kappa shape index (κ2) is 15.2. The maximum Gasteiger partial charge on any atom is 0.333 e. The van der Waals surface area contributed by atoms with Gasteiger partial charge in [-0.1, -0.05) is 13.2 Å². The molecule has 0 saturated carbocycles. The van der Waals surface area contributed by atoms with Gasteiger partial charge in [-0.05, 0) is 26.0 Å². The normalized spacial score (nSPS) is 14.0. The molecule has 1 aliphatic rings. The fourth-order valence-corrected chi connectivity index (χ4v) is 3.64. The van der Waals surface area contributed by atoms with Gasteiger partial charge in [0.05, 0.1) is 40.9 Å². The van der Waals surface area contributed by atoms with Crippen LogP contribution in [0.4, 0.5) is 11.4 Å². The predicted molar refractivity (Wildman–Crippen MR) is 149 cm³/mol. The zero-order valence-electron chi connectivity index (χ0n) is 23.4. The van der Waals surface area contributed by atoms with E-state index >= 15 is 0 Å². The summed E-state index contributed by atoms with van der Waals surface area (Å²) in [5.41, 5.74) is 0.433. The Balaban J connectivity index is 2.41. The Morgan fingerprint density at radius 2 is 1.55 bits per heavy atom. The highest BCUT2D eigenvalue weighted by atomic mass is 16.6. The van der Waals surface area contributed by atoms with E-state index in [9.17, 15) is 35.0 Å². The number of esters is 2. The molecule has 1 aliphatic carbocycles. The smallest absolute Gasteiger partial charge is 0.333 e. The highest BCUT2D eigenvalue weighted by Gasteiger charge is 2.25. The molecule has 0 radical (unpaired) electrons. The Labute approximate surface area is 242 Å². The van der Waals surface area contributed by atoms with Crippen LogP contribution < -0.4 is 5.32 Å². The number of hydrogen-bond acceptors (Lipinski definition) is 12. The Kier molecular flexibility index (Phi) is 11.8. The molecule has 1 amide bonds. The van der Waals surface area contributed by atoms with Crippen molar-refractivity contribution in [3.8, 4) is 12.1 Å². The van der Waals surface area contributed by atoms with Gasteiger partial charge in [0.15, 0.2) is 0 Å². The molecular weight excluding hydrogens is 546 g/mol.